The van der Waals surface area contributed by atoms with Crippen molar-refractivity contribution in [2.45, 2.75) is 18.7 Å². The van der Waals surface area contributed by atoms with Crippen molar-refractivity contribution in [3.8, 4) is 6.07 Å². The minimum atomic E-state index is -0.253. The van der Waals surface area contributed by atoms with Crippen LogP contribution in [-0.4, -0.2) is 10.6 Å². The molecule has 0 saturated heterocycles. The number of halogens is 1. The first-order chi connectivity index (χ1) is 6.57. The van der Waals surface area contributed by atoms with Gasteiger partial charge in [-0.2, -0.15) is 5.26 Å². The number of Topliss-reactive ketones (excluding diaryl/α,β-unsaturated/α-hetero) is 1. The molecule has 1 atom stereocenters. The van der Waals surface area contributed by atoms with Gasteiger partial charge in [0.1, 0.15) is 6.07 Å². The molecule has 0 aliphatic carbocycles. The van der Waals surface area contributed by atoms with Crippen molar-refractivity contribution in [3.05, 3.63) is 34.9 Å². The fourth-order valence-electron chi connectivity index (χ4n) is 1.24. The van der Waals surface area contributed by atoms with Crippen LogP contribution in [-0.2, 0) is 0 Å². The van der Waals surface area contributed by atoms with Crippen LogP contribution in [0.3, 0.4) is 0 Å². The van der Waals surface area contributed by atoms with Crippen molar-refractivity contribution in [3.63, 3.8) is 0 Å². The normalized spacial score (nSPS) is 11.9. The third-order valence-corrected chi connectivity index (χ3v) is 2.43. The minimum Gasteiger partial charge on any atom is -0.293 e. The van der Waals surface area contributed by atoms with E-state index in [1.807, 2.05) is 13.0 Å². The Bertz CT molecular complexity index is 404. The lowest BCUT2D eigenvalue weighted by Gasteiger charge is -2.06. The van der Waals surface area contributed by atoms with Crippen LogP contribution in [0.2, 0.25) is 0 Å². The predicted molar refractivity (Wildman–Crippen MR) is 58.6 cm³/mol. The van der Waals surface area contributed by atoms with E-state index in [1.54, 1.807) is 19.1 Å². The first-order valence-corrected chi connectivity index (χ1v) is 5.17. The van der Waals surface area contributed by atoms with Gasteiger partial charge in [-0.15, -0.1) is 0 Å². The predicted octanol–water partition coefficient (Wildman–Crippen LogP) is 2.83. The number of alkyl halides is 1. The molecule has 0 radical (unpaired) electrons. The van der Waals surface area contributed by atoms with Crippen molar-refractivity contribution in [1.82, 2.24) is 0 Å². The maximum Gasteiger partial charge on any atom is 0.177 e. The number of carbonyl (C=O) groups is 1. The smallest absolute Gasteiger partial charge is 0.177 e. The monoisotopic (exact) mass is 251 g/mol. The SMILES string of the molecule is Cc1cccc(C(=O)C(C)Br)c1C#N. The van der Waals surface area contributed by atoms with Crippen LogP contribution in [0, 0.1) is 18.3 Å². The number of ketones is 1. The quantitative estimate of drug-likeness (QED) is 0.599. The van der Waals surface area contributed by atoms with Gasteiger partial charge in [0.05, 0.1) is 10.4 Å². The molecule has 0 amide bonds. The van der Waals surface area contributed by atoms with E-state index in [9.17, 15) is 4.79 Å². The number of nitrogens with zero attached hydrogens (tertiary/aromatic N) is 1. The molecule has 0 fully saturated rings. The van der Waals surface area contributed by atoms with Gasteiger partial charge >= 0.3 is 0 Å². The number of hydrogen-bond donors (Lipinski definition) is 0. The summed E-state index contributed by atoms with van der Waals surface area (Å²) in [6, 6.07) is 7.36. The second-order valence-electron chi connectivity index (χ2n) is 3.09. The highest BCUT2D eigenvalue weighted by Gasteiger charge is 2.16. The molecule has 0 aromatic heterocycles. The molecular formula is C11H10BrNO. The summed E-state index contributed by atoms with van der Waals surface area (Å²) in [4.78, 5) is 11.4. The Kier molecular flexibility index (Phi) is 3.43. The minimum absolute atomic E-state index is 0.0507. The number of benzene rings is 1. The Labute approximate surface area is 91.7 Å². The molecule has 1 aromatic carbocycles. The number of nitriles is 1. The topological polar surface area (TPSA) is 40.9 Å². The van der Waals surface area contributed by atoms with Crippen LogP contribution in [0.15, 0.2) is 18.2 Å². The summed E-state index contributed by atoms with van der Waals surface area (Å²) in [5.41, 5.74) is 1.81. The highest BCUT2D eigenvalue weighted by atomic mass is 79.9. The van der Waals surface area contributed by atoms with E-state index in [2.05, 4.69) is 22.0 Å². The third-order valence-electron chi connectivity index (χ3n) is 2.01. The van der Waals surface area contributed by atoms with Crippen molar-refractivity contribution in [1.29, 1.82) is 5.26 Å². The summed E-state index contributed by atoms with van der Waals surface area (Å²) in [7, 11) is 0. The van der Waals surface area contributed by atoms with Gasteiger partial charge in [-0.3, -0.25) is 4.79 Å². The van der Waals surface area contributed by atoms with Crippen LogP contribution in [0.5, 0.6) is 0 Å². The molecule has 0 spiro atoms. The third kappa shape index (κ3) is 2.02. The first-order valence-electron chi connectivity index (χ1n) is 4.26. The zero-order valence-corrected chi connectivity index (χ0v) is 9.63. The lowest BCUT2D eigenvalue weighted by Crippen LogP contribution is -2.12. The van der Waals surface area contributed by atoms with Crippen LogP contribution in [0.25, 0.3) is 0 Å². The summed E-state index contributed by atoms with van der Waals surface area (Å²) >= 11 is 3.21. The van der Waals surface area contributed by atoms with Crippen molar-refractivity contribution in [2.24, 2.45) is 0 Å². The molecular weight excluding hydrogens is 242 g/mol. The average Bonchev–Trinajstić information content (AvgIpc) is 2.16. The fraction of sp³-hybridized carbons (Fsp3) is 0.273. The van der Waals surface area contributed by atoms with Gasteiger partial charge in [0, 0.05) is 5.56 Å². The molecule has 1 unspecified atom stereocenters. The molecule has 1 rings (SSSR count). The van der Waals surface area contributed by atoms with E-state index in [0.717, 1.165) is 5.56 Å². The molecule has 0 bridgehead atoms. The summed E-state index contributed by atoms with van der Waals surface area (Å²) in [6.45, 7) is 3.58. The lowest BCUT2D eigenvalue weighted by molar-refractivity contribution is 0.0995. The Morgan fingerprint density at radius 2 is 2.21 bits per heavy atom. The van der Waals surface area contributed by atoms with Crippen LogP contribution in [0.4, 0.5) is 0 Å². The van der Waals surface area contributed by atoms with Crippen LogP contribution < -0.4 is 0 Å². The number of aryl methyl sites for hydroxylation is 1. The molecule has 3 heteroatoms. The molecule has 14 heavy (non-hydrogen) atoms. The lowest BCUT2D eigenvalue weighted by atomic mass is 9.99. The van der Waals surface area contributed by atoms with Gasteiger partial charge in [-0.25, -0.2) is 0 Å². The van der Waals surface area contributed by atoms with E-state index < -0.39 is 0 Å². The van der Waals surface area contributed by atoms with E-state index in [0.29, 0.717) is 11.1 Å². The average molecular weight is 252 g/mol. The summed E-state index contributed by atoms with van der Waals surface area (Å²) in [5, 5.41) is 8.91. The molecule has 0 saturated carbocycles. The maximum absolute atomic E-state index is 11.7. The van der Waals surface area contributed by atoms with Crippen molar-refractivity contribution < 1.29 is 4.79 Å². The van der Waals surface area contributed by atoms with E-state index in [1.165, 1.54) is 0 Å². The van der Waals surface area contributed by atoms with Gasteiger partial charge in [-0.05, 0) is 19.4 Å². The van der Waals surface area contributed by atoms with Gasteiger partial charge in [0.2, 0.25) is 0 Å². The van der Waals surface area contributed by atoms with Gasteiger partial charge in [-0.1, -0.05) is 34.1 Å². The highest BCUT2D eigenvalue weighted by molar-refractivity contribution is 9.10. The number of rotatable bonds is 2. The molecule has 0 aliphatic rings. The van der Waals surface area contributed by atoms with E-state index >= 15 is 0 Å². The summed E-state index contributed by atoms with van der Waals surface area (Å²) in [6.07, 6.45) is 0. The summed E-state index contributed by atoms with van der Waals surface area (Å²) in [5.74, 6) is -0.0507. The number of hydrogen-bond acceptors (Lipinski definition) is 2. The summed E-state index contributed by atoms with van der Waals surface area (Å²) < 4.78 is 0. The van der Waals surface area contributed by atoms with Crippen LogP contribution >= 0.6 is 15.9 Å². The van der Waals surface area contributed by atoms with E-state index in [4.69, 9.17) is 5.26 Å². The Hall–Kier alpha value is -1.14. The van der Waals surface area contributed by atoms with E-state index in [-0.39, 0.29) is 10.6 Å². The molecule has 72 valence electrons. The largest absolute Gasteiger partial charge is 0.293 e. The zero-order chi connectivity index (χ0) is 10.7. The Balaban J connectivity index is 3.29. The standard InChI is InChI=1S/C11H10BrNO/c1-7-4-3-5-9(10(7)6-13)11(14)8(2)12/h3-5,8H,1-2H3. The zero-order valence-electron chi connectivity index (χ0n) is 8.04. The number of carbonyl (C=O) groups excluding carboxylic acids is 1. The molecule has 0 N–H and O–H groups in total. The first kappa shape index (κ1) is 10.9. The second-order valence-corrected chi connectivity index (χ2v) is 4.46. The fourth-order valence-corrected chi connectivity index (χ4v) is 1.48. The van der Waals surface area contributed by atoms with Gasteiger partial charge < -0.3 is 0 Å². The highest BCUT2D eigenvalue weighted by Crippen LogP contribution is 2.17. The molecule has 1 aromatic rings. The Morgan fingerprint density at radius 1 is 1.57 bits per heavy atom. The van der Waals surface area contributed by atoms with Gasteiger partial charge in [0.15, 0.2) is 5.78 Å². The van der Waals surface area contributed by atoms with Crippen molar-refractivity contribution >= 4 is 21.7 Å². The van der Waals surface area contributed by atoms with Crippen molar-refractivity contribution in [2.75, 3.05) is 0 Å². The molecule has 2 nitrogen and oxygen atoms in total. The van der Waals surface area contributed by atoms with Crippen LogP contribution in [0.1, 0.15) is 28.4 Å². The maximum atomic E-state index is 11.7. The molecule has 0 heterocycles. The Morgan fingerprint density at radius 3 is 2.71 bits per heavy atom. The van der Waals surface area contributed by atoms with Gasteiger partial charge in [0.25, 0.3) is 0 Å². The second kappa shape index (κ2) is 4.39. The molecule has 0 aliphatic heterocycles.